The average Bonchev–Trinajstić information content (AvgIpc) is 2.57. The first-order valence-electron chi connectivity index (χ1n) is 5.83. The molecule has 0 aliphatic carbocycles. The third-order valence-corrected chi connectivity index (χ3v) is 2.55. The molecule has 0 saturated carbocycles. The number of ether oxygens (including phenoxy) is 1. The second-order valence-electron chi connectivity index (χ2n) is 5.38. The lowest BCUT2D eigenvalue weighted by Gasteiger charge is -2.24. The van der Waals surface area contributed by atoms with Gasteiger partial charge in [0.15, 0.2) is 0 Å². The molecule has 1 aliphatic heterocycles. The number of hydrogen-bond donors (Lipinski definition) is 0. The van der Waals surface area contributed by atoms with Crippen molar-refractivity contribution in [1.82, 2.24) is 4.98 Å². The van der Waals surface area contributed by atoms with Crippen LogP contribution in [-0.4, -0.2) is 23.2 Å². The number of anilines is 1. The first-order valence-corrected chi connectivity index (χ1v) is 5.83. The lowest BCUT2D eigenvalue weighted by Crippen LogP contribution is -2.36. The fraction of sp³-hybridized carbons (Fsp3) is 0.538. The third-order valence-electron chi connectivity index (χ3n) is 2.55. The maximum atomic E-state index is 12.0. The predicted molar refractivity (Wildman–Crippen MR) is 66.3 cm³/mol. The molecule has 4 nitrogen and oxygen atoms in total. The Labute approximate surface area is 102 Å². The van der Waals surface area contributed by atoms with Gasteiger partial charge in [0.25, 0.3) is 0 Å². The van der Waals surface area contributed by atoms with Gasteiger partial charge in [-0.1, -0.05) is 6.07 Å². The Kier molecular flexibility index (Phi) is 2.81. The first kappa shape index (κ1) is 11.9. The van der Waals surface area contributed by atoms with Crippen molar-refractivity contribution in [2.24, 2.45) is 0 Å². The van der Waals surface area contributed by atoms with Gasteiger partial charge in [-0.25, -0.2) is 9.78 Å². The summed E-state index contributed by atoms with van der Waals surface area (Å²) < 4.78 is 5.36. The number of amides is 1. The number of carbonyl (C=O) groups excluding carboxylic acids is 1. The molecule has 1 aromatic heterocycles. The molecule has 1 aromatic rings. The number of hydrogen-bond acceptors (Lipinski definition) is 3. The van der Waals surface area contributed by atoms with Crippen LogP contribution >= 0.6 is 0 Å². The zero-order valence-electron chi connectivity index (χ0n) is 10.8. The van der Waals surface area contributed by atoms with Crippen LogP contribution in [0.15, 0.2) is 12.3 Å². The SMILES string of the molecule is Cc1cnc2c(c1)CCN2C(=O)OC(C)(C)C. The van der Waals surface area contributed by atoms with Gasteiger partial charge in [0.1, 0.15) is 11.4 Å². The van der Waals surface area contributed by atoms with Gasteiger partial charge in [0.2, 0.25) is 0 Å². The van der Waals surface area contributed by atoms with E-state index in [-0.39, 0.29) is 6.09 Å². The highest BCUT2D eigenvalue weighted by molar-refractivity contribution is 5.89. The number of fused-ring (bicyclic) bond motifs is 1. The van der Waals surface area contributed by atoms with Gasteiger partial charge in [-0.05, 0) is 45.2 Å². The van der Waals surface area contributed by atoms with Crippen LogP contribution in [0.4, 0.5) is 10.6 Å². The van der Waals surface area contributed by atoms with Crippen LogP contribution in [0.2, 0.25) is 0 Å². The molecule has 0 spiro atoms. The molecule has 0 N–H and O–H groups in total. The van der Waals surface area contributed by atoms with Crippen molar-refractivity contribution in [3.63, 3.8) is 0 Å². The molecule has 2 heterocycles. The molecular formula is C13H18N2O2. The van der Waals surface area contributed by atoms with Crippen LogP contribution in [0.25, 0.3) is 0 Å². The van der Waals surface area contributed by atoms with Gasteiger partial charge in [-0.3, -0.25) is 4.90 Å². The van der Waals surface area contributed by atoms with E-state index in [0.29, 0.717) is 6.54 Å². The second kappa shape index (κ2) is 4.02. The molecule has 4 heteroatoms. The summed E-state index contributed by atoms with van der Waals surface area (Å²) in [6.45, 7) is 8.25. The minimum atomic E-state index is -0.468. The average molecular weight is 234 g/mol. The zero-order valence-corrected chi connectivity index (χ0v) is 10.8. The molecule has 1 aliphatic rings. The standard InChI is InChI=1S/C13H18N2O2/c1-9-7-10-5-6-15(11(10)14-8-9)12(16)17-13(2,3)4/h7-8H,5-6H2,1-4H3. The van der Waals surface area contributed by atoms with Crippen LogP contribution in [-0.2, 0) is 11.2 Å². The van der Waals surface area contributed by atoms with E-state index in [1.165, 1.54) is 0 Å². The number of aryl methyl sites for hydroxylation is 1. The van der Waals surface area contributed by atoms with E-state index in [1.54, 1.807) is 11.1 Å². The van der Waals surface area contributed by atoms with Gasteiger partial charge in [0.05, 0.1) is 0 Å². The fourth-order valence-electron chi connectivity index (χ4n) is 1.88. The number of carbonyl (C=O) groups is 1. The predicted octanol–water partition coefficient (Wildman–Crippen LogP) is 2.69. The largest absolute Gasteiger partial charge is 0.443 e. The lowest BCUT2D eigenvalue weighted by molar-refractivity contribution is 0.0583. The summed E-state index contributed by atoms with van der Waals surface area (Å²) in [7, 11) is 0. The zero-order chi connectivity index (χ0) is 12.6. The molecule has 0 saturated heterocycles. The number of nitrogens with zero attached hydrogens (tertiary/aromatic N) is 2. The van der Waals surface area contributed by atoms with Crippen molar-refractivity contribution >= 4 is 11.9 Å². The van der Waals surface area contributed by atoms with Crippen LogP contribution < -0.4 is 4.90 Å². The van der Waals surface area contributed by atoms with Crippen molar-refractivity contribution in [3.8, 4) is 0 Å². The minimum absolute atomic E-state index is 0.312. The molecule has 0 fully saturated rings. The number of pyridine rings is 1. The Morgan fingerprint density at radius 3 is 2.82 bits per heavy atom. The second-order valence-corrected chi connectivity index (χ2v) is 5.38. The van der Waals surface area contributed by atoms with Crippen molar-refractivity contribution < 1.29 is 9.53 Å². The van der Waals surface area contributed by atoms with Crippen molar-refractivity contribution in [3.05, 3.63) is 23.4 Å². The summed E-state index contributed by atoms with van der Waals surface area (Å²) in [5, 5.41) is 0. The van der Waals surface area contributed by atoms with E-state index in [0.717, 1.165) is 23.4 Å². The summed E-state index contributed by atoms with van der Waals surface area (Å²) in [5.41, 5.74) is 1.77. The number of rotatable bonds is 0. The van der Waals surface area contributed by atoms with Gasteiger partial charge in [-0.15, -0.1) is 0 Å². The highest BCUT2D eigenvalue weighted by Crippen LogP contribution is 2.27. The fourth-order valence-corrected chi connectivity index (χ4v) is 1.88. The monoisotopic (exact) mass is 234 g/mol. The highest BCUT2D eigenvalue weighted by Gasteiger charge is 2.29. The molecule has 0 unspecified atom stereocenters. The normalized spacial score (nSPS) is 14.7. The Bertz CT molecular complexity index is 449. The Morgan fingerprint density at radius 1 is 1.47 bits per heavy atom. The first-order chi connectivity index (χ1) is 7.87. The molecule has 0 aromatic carbocycles. The highest BCUT2D eigenvalue weighted by atomic mass is 16.6. The van der Waals surface area contributed by atoms with Gasteiger partial charge >= 0.3 is 6.09 Å². The van der Waals surface area contributed by atoms with E-state index in [2.05, 4.69) is 11.1 Å². The molecular weight excluding hydrogens is 216 g/mol. The van der Waals surface area contributed by atoms with Crippen molar-refractivity contribution in [2.45, 2.75) is 39.7 Å². The van der Waals surface area contributed by atoms with Gasteiger partial charge in [0, 0.05) is 12.7 Å². The quantitative estimate of drug-likeness (QED) is 0.693. The smallest absolute Gasteiger partial charge is 0.416 e. The maximum Gasteiger partial charge on any atom is 0.416 e. The molecule has 0 bridgehead atoms. The summed E-state index contributed by atoms with van der Waals surface area (Å²) in [4.78, 5) is 17.9. The molecule has 2 rings (SSSR count). The molecule has 0 atom stereocenters. The maximum absolute atomic E-state index is 12.0. The lowest BCUT2D eigenvalue weighted by atomic mass is 10.2. The minimum Gasteiger partial charge on any atom is -0.443 e. The molecule has 17 heavy (non-hydrogen) atoms. The van der Waals surface area contributed by atoms with E-state index in [4.69, 9.17) is 4.74 Å². The summed E-state index contributed by atoms with van der Waals surface area (Å²) in [6, 6.07) is 2.08. The number of aromatic nitrogens is 1. The van der Waals surface area contributed by atoms with E-state index in [1.807, 2.05) is 27.7 Å². The van der Waals surface area contributed by atoms with Crippen LogP contribution in [0, 0.1) is 6.92 Å². The van der Waals surface area contributed by atoms with Crippen LogP contribution in [0.5, 0.6) is 0 Å². The summed E-state index contributed by atoms with van der Waals surface area (Å²) >= 11 is 0. The van der Waals surface area contributed by atoms with E-state index < -0.39 is 5.60 Å². The van der Waals surface area contributed by atoms with Gasteiger partial charge in [-0.2, -0.15) is 0 Å². The molecule has 0 radical (unpaired) electrons. The third kappa shape index (κ3) is 2.57. The summed E-state index contributed by atoms with van der Waals surface area (Å²) in [5.74, 6) is 0.741. The van der Waals surface area contributed by atoms with Crippen molar-refractivity contribution in [1.29, 1.82) is 0 Å². The van der Waals surface area contributed by atoms with Crippen molar-refractivity contribution in [2.75, 3.05) is 11.4 Å². The van der Waals surface area contributed by atoms with E-state index in [9.17, 15) is 4.79 Å². The van der Waals surface area contributed by atoms with E-state index >= 15 is 0 Å². The summed E-state index contributed by atoms with van der Waals surface area (Å²) in [6.07, 6.45) is 2.32. The Balaban J connectivity index is 2.20. The Morgan fingerprint density at radius 2 is 2.18 bits per heavy atom. The van der Waals surface area contributed by atoms with Crippen LogP contribution in [0.1, 0.15) is 31.9 Å². The molecule has 92 valence electrons. The van der Waals surface area contributed by atoms with Gasteiger partial charge < -0.3 is 4.74 Å². The topological polar surface area (TPSA) is 42.4 Å². The Hall–Kier alpha value is -1.58. The van der Waals surface area contributed by atoms with Crippen LogP contribution in [0.3, 0.4) is 0 Å². The molecule has 1 amide bonds.